The van der Waals surface area contributed by atoms with E-state index >= 15 is 0 Å². The topological polar surface area (TPSA) is 73.3 Å². The summed E-state index contributed by atoms with van der Waals surface area (Å²) in [5.74, 6) is 1.25. The number of allylic oxidation sites excluding steroid dienone is 1. The van der Waals surface area contributed by atoms with Crippen molar-refractivity contribution < 1.29 is 9.53 Å². The average Bonchev–Trinajstić information content (AvgIpc) is 3.12. The van der Waals surface area contributed by atoms with E-state index in [1.165, 1.54) is 0 Å². The SMILES string of the molecule is CN(C)CC(=O)N1CC=C(Cl)C(C2CCC(Oc3ccccc3)CC2)=c2[nH]c3c(c21)CN=NC=3. The van der Waals surface area contributed by atoms with Gasteiger partial charge in [0.05, 0.1) is 41.8 Å². The summed E-state index contributed by atoms with van der Waals surface area (Å²) in [6, 6.07) is 10.0. The van der Waals surface area contributed by atoms with Crippen LogP contribution >= 0.6 is 11.6 Å². The Labute approximate surface area is 204 Å². The number of azo groups is 1. The summed E-state index contributed by atoms with van der Waals surface area (Å²) in [7, 11) is 3.81. The molecule has 0 radical (unpaired) electrons. The fraction of sp³-hybridized carbons (Fsp3) is 0.423. The summed E-state index contributed by atoms with van der Waals surface area (Å²) in [6.45, 7) is 1.22. The van der Waals surface area contributed by atoms with Crippen LogP contribution in [0.1, 0.15) is 31.2 Å². The molecule has 1 amide bonds. The quantitative estimate of drug-likeness (QED) is 0.712. The van der Waals surface area contributed by atoms with E-state index in [9.17, 15) is 4.79 Å². The molecular weight excluding hydrogens is 450 g/mol. The number of nitrogens with zero attached hydrogens (tertiary/aromatic N) is 4. The number of amides is 1. The van der Waals surface area contributed by atoms with Crippen LogP contribution in [0.25, 0.3) is 11.8 Å². The van der Waals surface area contributed by atoms with Gasteiger partial charge in [0.2, 0.25) is 5.91 Å². The Morgan fingerprint density at radius 3 is 2.71 bits per heavy atom. The largest absolute Gasteiger partial charge is 0.490 e. The number of hydrogen-bond acceptors (Lipinski definition) is 5. The fourth-order valence-electron chi connectivity index (χ4n) is 5.16. The van der Waals surface area contributed by atoms with Crippen LogP contribution in [0.5, 0.6) is 5.75 Å². The number of anilines is 1. The zero-order chi connectivity index (χ0) is 23.7. The third-order valence-electron chi connectivity index (χ3n) is 6.74. The van der Waals surface area contributed by atoms with Gasteiger partial charge in [0.15, 0.2) is 0 Å². The Hall–Kier alpha value is -2.90. The van der Waals surface area contributed by atoms with Crippen molar-refractivity contribution in [3.05, 3.63) is 57.7 Å². The number of H-pyrrole nitrogens is 1. The number of para-hydroxylation sites is 1. The molecule has 34 heavy (non-hydrogen) atoms. The number of benzene rings is 1. The summed E-state index contributed by atoms with van der Waals surface area (Å²) in [5, 5.41) is 10.9. The minimum atomic E-state index is 0.0394. The highest BCUT2D eigenvalue weighted by Crippen LogP contribution is 2.38. The van der Waals surface area contributed by atoms with Crippen LogP contribution < -0.4 is 20.3 Å². The number of fused-ring (bicyclic) bond motifs is 3. The number of nitrogens with one attached hydrogen (secondary N) is 1. The summed E-state index contributed by atoms with van der Waals surface area (Å²) in [6.07, 6.45) is 7.79. The van der Waals surface area contributed by atoms with Gasteiger partial charge in [-0.3, -0.25) is 4.79 Å². The van der Waals surface area contributed by atoms with Crippen molar-refractivity contribution in [1.29, 1.82) is 0 Å². The number of carbonyl (C=O) groups excluding carboxylic acids is 1. The van der Waals surface area contributed by atoms with Gasteiger partial charge in [-0.15, -0.1) is 0 Å². The second kappa shape index (κ2) is 9.76. The van der Waals surface area contributed by atoms with Crippen LogP contribution in [0.4, 0.5) is 5.69 Å². The first-order valence-electron chi connectivity index (χ1n) is 11.9. The highest BCUT2D eigenvalue weighted by atomic mass is 35.5. The molecule has 1 aromatic carbocycles. The maximum atomic E-state index is 13.2. The van der Waals surface area contributed by atoms with Crippen molar-refractivity contribution in [2.45, 2.75) is 38.3 Å². The Bertz CT molecular complexity index is 1240. The van der Waals surface area contributed by atoms with E-state index < -0.39 is 0 Å². The minimum Gasteiger partial charge on any atom is -0.490 e. The van der Waals surface area contributed by atoms with Crippen molar-refractivity contribution in [1.82, 2.24) is 9.88 Å². The molecule has 1 N–H and O–H groups in total. The molecule has 2 aliphatic heterocycles. The lowest BCUT2D eigenvalue weighted by molar-refractivity contribution is -0.119. The predicted molar refractivity (Wildman–Crippen MR) is 134 cm³/mol. The molecule has 1 saturated carbocycles. The summed E-state index contributed by atoms with van der Waals surface area (Å²) < 4.78 is 6.21. The molecule has 1 aromatic heterocycles. The van der Waals surface area contributed by atoms with Crippen LogP contribution in [0.2, 0.25) is 0 Å². The molecule has 5 rings (SSSR count). The molecule has 0 unspecified atom stereocenters. The van der Waals surface area contributed by atoms with Crippen molar-refractivity contribution in [3.8, 4) is 5.75 Å². The Morgan fingerprint density at radius 2 is 1.97 bits per heavy atom. The van der Waals surface area contributed by atoms with Crippen molar-refractivity contribution in [2.24, 2.45) is 16.1 Å². The van der Waals surface area contributed by atoms with E-state index in [-0.39, 0.29) is 17.9 Å². The zero-order valence-corrected chi connectivity index (χ0v) is 20.4. The Morgan fingerprint density at radius 1 is 1.21 bits per heavy atom. The number of halogens is 1. The third kappa shape index (κ3) is 4.55. The van der Waals surface area contributed by atoms with Crippen LogP contribution in [-0.2, 0) is 11.3 Å². The Kier molecular flexibility index (Phi) is 6.57. The lowest BCUT2D eigenvalue weighted by Crippen LogP contribution is -2.40. The van der Waals surface area contributed by atoms with E-state index in [2.05, 4.69) is 15.2 Å². The summed E-state index contributed by atoms with van der Waals surface area (Å²) in [5.41, 5.74) is 3.01. The molecule has 178 valence electrons. The van der Waals surface area contributed by atoms with Crippen LogP contribution in [0.15, 0.2) is 51.7 Å². The van der Waals surface area contributed by atoms with Crippen LogP contribution in [0, 0.1) is 5.92 Å². The summed E-state index contributed by atoms with van der Waals surface area (Å²) >= 11 is 6.92. The maximum Gasteiger partial charge on any atom is 0.241 e. The average molecular weight is 480 g/mol. The number of ether oxygens (including phenoxy) is 1. The molecule has 1 fully saturated rings. The van der Waals surface area contributed by atoms with E-state index in [1.54, 1.807) is 6.20 Å². The van der Waals surface area contributed by atoms with Crippen LogP contribution in [0.3, 0.4) is 0 Å². The molecule has 1 aliphatic carbocycles. The van der Waals surface area contributed by atoms with Gasteiger partial charge < -0.3 is 19.5 Å². The van der Waals surface area contributed by atoms with Gasteiger partial charge >= 0.3 is 0 Å². The van der Waals surface area contributed by atoms with Gasteiger partial charge in [-0.05, 0) is 69.5 Å². The standard InChI is InChI=1S/C26H30ClN5O2/c1-31(2)16-23(33)32-13-12-21(27)24(25-26(32)20-14-28-29-15-22(20)30-25)17-8-10-19(11-9-17)34-18-6-4-3-5-7-18/h3-7,12,15,17,19,30H,8-11,13-14,16H2,1-2H3. The van der Waals surface area contributed by atoms with Crippen molar-refractivity contribution in [3.63, 3.8) is 0 Å². The van der Waals surface area contributed by atoms with Gasteiger partial charge in [-0.25, -0.2) is 0 Å². The first-order valence-corrected chi connectivity index (χ1v) is 12.2. The first-order chi connectivity index (χ1) is 16.5. The van der Waals surface area contributed by atoms with Gasteiger partial charge in [-0.1, -0.05) is 29.8 Å². The first kappa shape index (κ1) is 22.9. The second-order valence-corrected chi connectivity index (χ2v) is 9.80. The third-order valence-corrected chi connectivity index (χ3v) is 7.09. The number of aromatic nitrogens is 1. The normalized spacial score (nSPS) is 21.9. The molecule has 7 nitrogen and oxygen atoms in total. The van der Waals surface area contributed by atoms with E-state index in [0.717, 1.165) is 64.0 Å². The zero-order valence-electron chi connectivity index (χ0n) is 19.6. The number of likely N-dealkylation sites (N-methyl/N-ethyl adjacent to an activating group) is 1. The lowest BCUT2D eigenvalue weighted by Gasteiger charge is -2.30. The molecule has 8 heteroatoms. The van der Waals surface area contributed by atoms with E-state index in [4.69, 9.17) is 16.3 Å². The highest BCUT2D eigenvalue weighted by Gasteiger charge is 2.32. The molecular formula is C26H30ClN5O2. The van der Waals surface area contributed by atoms with E-state index in [0.29, 0.717) is 19.6 Å². The Balaban J connectivity index is 1.49. The summed E-state index contributed by atoms with van der Waals surface area (Å²) in [4.78, 5) is 20.5. The number of carbonyl (C=O) groups is 1. The lowest BCUT2D eigenvalue weighted by atomic mass is 9.81. The molecule has 2 aromatic rings. The maximum absolute atomic E-state index is 13.2. The predicted octanol–water partition coefficient (Wildman–Crippen LogP) is 3.54. The highest BCUT2D eigenvalue weighted by molar-refractivity contribution is 6.36. The molecule has 0 spiro atoms. The fourth-order valence-corrected chi connectivity index (χ4v) is 5.47. The van der Waals surface area contributed by atoms with Gasteiger partial charge in [-0.2, -0.15) is 10.2 Å². The number of rotatable bonds is 5. The molecule has 3 aliphatic rings. The second-order valence-electron chi connectivity index (χ2n) is 9.40. The molecule has 3 heterocycles. The molecule has 0 bridgehead atoms. The molecule has 0 atom stereocenters. The minimum absolute atomic E-state index is 0.0394. The van der Waals surface area contributed by atoms with Crippen molar-refractivity contribution >= 4 is 35.0 Å². The van der Waals surface area contributed by atoms with E-state index in [1.807, 2.05) is 60.3 Å². The number of hydrogen-bond donors (Lipinski definition) is 1. The van der Waals surface area contributed by atoms with Gasteiger partial charge in [0.1, 0.15) is 5.75 Å². The molecule has 0 saturated heterocycles. The number of aromatic amines is 1. The van der Waals surface area contributed by atoms with Crippen molar-refractivity contribution in [2.75, 3.05) is 32.1 Å². The van der Waals surface area contributed by atoms with Gasteiger partial charge in [0, 0.05) is 17.1 Å². The monoisotopic (exact) mass is 479 g/mol. The van der Waals surface area contributed by atoms with Gasteiger partial charge in [0.25, 0.3) is 0 Å². The van der Waals surface area contributed by atoms with Crippen LogP contribution in [-0.4, -0.2) is 49.1 Å². The smallest absolute Gasteiger partial charge is 0.241 e.